The molecule has 0 bridgehead atoms. The summed E-state index contributed by atoms with van der Waals surface area (Å²) in [4.78, 5) is 23.5. The lowest BCUT2D eigenvalue weighted by molar-refractivity contribution is -0.143. The highest BCUT2D eigenvalue weighted by Crippen LogP contribution is 2.14. The van der Waals surface area contributed by atoms with Gasteiger partial charge in [-0.2, -0.15) is 0 Å². The molecular weight excluding hydrogens is 274 g/mol. The van der Waals surface area contributed by atoms with Gasteiger partial charge < -0.3 is 19.9 Å². The number of ether oxygens (including phenoxy) is 2. The molecule has 1 amide bonds. The number of alkyl carbamates (subject to hydrolysis) is 1. The number of rotatable bonds is 6. The van der Waals surface area contributed by atoms with Crippen molar-refractivity contribution >= 4 is 12.1 Å². The van der Waals surface area contributed by atoms with Gasteiger partial charge >= 0.3 is 12.1 Å². The Labute approximate surface area is 126 Å². The van der Waals surface area contributed by atoms with Crippen molar-refractivity contribution in [3.05, 3.63) is 11.8 Å². The minimum absolute atomic E-state index is 0.0890. The minimum atomic E-state index is -0.771. The molecule has 0 aromatic heterocycles. The number of nitrogens with one attached hydrogen (secondary N) is 1. The van der Waals surface area contributed by atoms with Crippen molar-refractivity contribution in [1.29, 1.82) is 0 Å². The standard InChI is InChI=1S/C15H27NO5/c1-10(7-8-11(2)17)9-12(13(18)20-6)16-14(19)21-15(3,4)5/h8,10,12,17H,7,9H2,1-6H3,(H,16,19)/b11-8+/t10?,12-/m0/s1. The summed E-state index contributed by atoms with van der Waals surface area (Å²) in [6.07, 6.45) is 2.02. The molecule has 0 fully saturated rings. The van der Waals surface area contributed by atoms with Crippen LogP contribution in [0.1, 0.15) is 47.5 Å². The molecule has 0 aliphatic rings. The molecule has 2 N–H and O–H groups in total. The molecule has 6 nitrogen and oxygen atoms in total. The Morgan fingerprint density at radius 1 is 1.33 bits per heavy atom. The number of esters is 1. The van der Waals surface area contributed by atoms with E-state index in [9.17, 15) is 9.59 Å². The van der Waals surface area contributed by atoms with Crippen molar-refractivity contribution in [2.75, 3.05) is 7.11 Å². The molecule has 0 spiro atoms. The fraction of sp³-hybridized carbons (Fsp3) is 0.733. The van der Waals surface area contributed by atoms with E-state index in [1.165, 1.54) is 7.11 Å². The van der Waals surface area contributed by atoms with Gasteiger partial charge in [0.25, 0.3) is 0 Å². The summed E-state index contributed by atoms with van der Waals surface area (Å²) >= 11 is 0. The number of allylic oxidation sites excluding steroid dienone is 2. The van der Waals surface area contributed by atoms with Gasteiger partial charge in [0.2, 0.25) is 0 Å². The molecule has 1 unspecified atom stereocenters. The Kier molecular flexibility index (Phi) is 7.84. The smallest absolute Gasteiger partial charge is 0.408 e. The van der Waals surface area contributed by atoms with Gasteiger partial charge in [-0.3, -0.25) is 0 Å². The van der Waals surface area contributed by atoms with E-state index in [0.717, 1.165) is 0 Å². The highest BCUT2D eigenvalue weighted by atomic mass is 16.6. The van der Waals surface area contributed by atoms with Gasteiger partial charge in [0.05, 0.1) is 12.9 Å². The SMILES string of the molecule is COC(=O)[C@H](CC(C)C/C=C(\C)O)NC(=O)OC(C)(C)C. The van der Waals surface area contributed by atoms with Gasteiger partial charge in [0, 0.05) is 0 Å². The van der Waals surface area contributed by atoms with Gasteiger partial charge in [0.1, 0.15) is 11.6 Å². The van der Waals surface area contributed by atoms with Crippen LogP contribution in [0.25, 0.3) is 0 Å². The van der Waals surface area contributed by atoms with Gasteiger partial charge in [-0.1, -0.05) is 6.92 Å². The average molecular weight is 301 g/mol. The third-order valence-electron chi connectivity index (χ3n) is 2.63. The van der Waals surface area contributed by atoms with Crippen LogP contribution in [0.4, 0.5) is 4.79 Å². The largest absolute Gasteiger partial charge is 0.513 e. The summed E-state index contributed by atoms with van der Waals surface area (Å²) in [5.74, 6) is -0.194. The van der Waals surface area contributed by atoms with Gasteiger partial charge in [-0.05, 0) is 52.5 Å². The van der Waals surface area contributed by atoms with Crippen LogP contribution in [0, 0.1) is 5.92 Å². The molecule has 0 saturated carbocycles. The second-order valence-electron chi connectivity index (χ2n) is 6.14. The zero-order chi connectivity index (χ0) is 16.6. The second kappa shape index (κ2) is 8.54. The summed E-state index contributed by atoms with van der Waals surface area (Å²) in [5, 5.41) is 11.7. The second-order valence-corrected chi connectivity index (χ2v) is 6.14. The lowest BCUT2D eigenvalue weighted by atomic mass is 9.98. The zero-order valence-corrected chi connectivity index (χ0v) is 13.7. The first kappa shape index (κ1) is 19.3. The molecule has 2 atom stereocenters. The summed E-state index contributed by atoms with van der Waals surface area (Å²) in [5.41, 5.74) is -0.632. The number of hydrogen-bond donors (Lipinski definition) is 2. The third-order valence-corrected chi connectivity index (χ3v) is 2.63. The molecule has 0 saturated heterocycles. The van der Waals surface area contributed by atoms with Crippen LogP contribution < -0.4 is 5.32 Å². The van der Waals surface area contributed by atoms with Gasteiger partial charge in [-0.25, -0.2) is 9.59 Å². The van der Waals surface area contributed by atoms with Crippen LogP contribution in [0.15, 0.2) is 11.8 Å². The van der Waals surface area contributed by atoms with E-state index in [2.05, 4.69) is 5.32 Å². The number of carbonyl (C=O) groups excluding carboxylic acids is 2. The van der Waals surface area contributed by atoms with Crippen molar-refractivity contribution in [2.24, 2.45) is 5.92 Å². The van der Waals surface area contributed by atoms with Crippen LogP contribution in [0.2, 0.25) is 0 Å². The molecule has 0 radical (unpaired) electrons. The Morgan fingerprint density at radius 3 is 2.33 bits per heavy atom. The van der Waals surface area contributed by atoms with Crippen molar-refractivity contribution in [3.8, 4) is 0 Å². The van der Waals surface area contributed by atoms with Gasteiger partial charge in [-0.15, -0.1) is 0 Å². The monoisotopic (exact) mass is 301 g/mol. The van der Waals surface area contributed by atoms with Crippen molar-refractivity contribution < 1.29 is 24.2 Å². The summed E-state index contributed by atoms with van der Waals surface area (Å²) < 4.78 is 9.83. The Hall–Kier alpha value is -1.72. The van der Waals surface area contributed by atoms with Crippen LogP contribution in [0.3, 0.4) is 0 Å². The molecule has 0 aliphatic heterocycles. The topological polar surface area (TPSA) is 84.9 Å². The quantitative estimate of drug-likeness (QED) is 0.582. The fourth-order valence-corrected chi connectivity index (χ4v) is 1.68. The highest BCUT2D eigenvalue weighted by molar-refractivity contribution is 5.81. The highest BCUT2D eigenvalue weighted by Gasteiger charge is 2.26. The van der Waals surface area contributed by atoms with Crippen LogP contribution >= 0.6 is 0 Å². The minimum Gasteiger partial charge on any atom is -0.513 e. The summed E-state index contributed by atoms with van der Waals surface area (Å²) in [6.45, 7) is 8.75. The predicted octanol–water partition coefficient (Wildman–Crippen LogP) is 2.93. The van der Waals surface area contributed by atoms with E-state index in [0.29, 0.717) is 12.8 Å². The lowest BCUT2D eigenvalue weighted by Gasteiger charge is -2.23. The zero-order valence-electron chi connectivity index (χ0n) is 13.7. The van der Waals surface area contributed by atoms with Crippen molar-refractivity contribution in [3.63, 3.8) is 0 Å². The predicted molar refractivity (Wildman–Crippen MR) is 80.0 cm³/mol. The van der Waals surface area contributed by atoms with Crippen molar-refractivity contribution in [2.45, 2.75) is 59.1 Å². The average Bonchev–Trinajstić information content (AvgIpc) is 2.32. The lowest BCUT2D eigenvalue weighted by Crippen LogP contribution is -2.44. The Bertz CT molecular complexity index is 380. The van der Waals surface area contributed by atoms with E-state index in [1.807, 2.05) is 6.92 Å². The maximum atomic E-state index is 11.7. The molecule has 0 aromatic carbocycles. The third kappa shape index (κ3) is 9.76. The molecular formula is C15H27NO5. The number of carbonyl (C=O) groups is 2. The number of aliphatic hydroxyl groups excluding tert-OH is 1. The fourth-order valence-electron chi connectivity index (χ4n) is 1.68. The maximum absolute atomic E-state index is 11.7. The molecule has 0 aliphatic carbocycles. The first-order valence-corrected chi connectivity index (χ1v) is 6.98. The molecule has 21 heavy (non-hydrogen) atoms. The van der Waals surface area contributed by atoms with Crippen molar-refractivity contribution in [1.82, 2.24) is 5.32 Å². The molecule has 0 aromatic rings. The Morgan fingerprint density at radius 2 is 1.90 bits per heavy atom. The number of methoxy groups -OCH3 is 1. The molecule has 6 heteroatoms. The molecule has 122 valence electrons. The van der Waals surface area contributed by atoms with E-state index >= 15 is 0 Å². The van der Waals surface area contributed by atoms with Crippen LogP contribution in [0.5, 0.6) is 0 Å². The summed E-state index contributed by atoms with van der Waals surface area (Å²) in [6, 6.07) is -0.771. The van der Waals surface area contributed by atoms with E-state index < -0.39 is 23.7 Å². The van der Waals surface area contributed by atoms with E-state index in [4.69, 9.17) is 14.6 Å². The van der Waals surface area contributed by atoms with E-state index in [-0.39, 0.29) is 11.7 Å². The number of aliphatic hydroxyl groups is 1. The summed E-state index contributed by atoms with van der Waals surface area (Å²) in [7, 11) is 1.27. The molecule has 0 heterocycles. The maximum Gasteiger partial charge on any atom is 0.408 e. The normalized spacial score (nSPS) is 15.0. The molecule has 0 rings (SSSR count). The first-order valence-electron chi connectivity index (χ1n) is 6.98. The first-order chi connectivity index (χ1) is 9.55. The number of hydrogen-bond acceptors (Lipinski definition) is 5. The van der Waals surface area contributed by atoms with E-state index in [1.54, 1.807) is 33.8 Å². The van der Waals surface area contributed by atoms with Gasteiger partial charge in [0.15, 0.2) is 0 Å². The Balaban J connectivity index is 4.63. The number of amides is 1. The van der Waals surface area contributed by atoms with Crippen LogP contribution in [-0.4, -0.2) is 35.9 Å². The van der Waals surface area contributed by atoms with Crippen LogP contribution in [-0.2, 0) is 14.3 Å².